The molecule has 0 aliphatic carbocycles. The number of unbranched alkanes of at least 4 members (excludes halogenated alkanes) is 4. The van der Waals surface area contributed by atoms with E-state index in [2.05, 4.69) is 27.0 Å². The average Bonchev–Trinajstić information content (AvgIpc) is 2.31. The van der Waals surface area contributed by atoms with Gasteiger partial charge in [0, 0.05) is 12.2 Å². The summed E-state index contributed by atoms with van der Waals surface area (Å²) < 4.78 is 0. The quantitative estimate of drug-likeness (QED) is 0.554. The highest BCUT2D eigenvalue weighted by atomic mass is 16.4. The van der Waals surface area contributed by atoms with Crippen molar-refractivity contribution in [3.8, 4) is 0 Å². The molecule has 100 valence electrons. The average molecular weight is 244 g/mol. The Kier molecular flexibility index (Phi) is 24.3. The van der Waals surface area contributed by atoms with Gasteiger partial charge in [-0.15, -0.1) is 0 Å². The summed E-state index contributed by atoms with van der Waals surface area (Å²) >= 11 is 0. The van der Waals surface area contributed by atoms with Crippen molar-refractivity contribution in [2.24, 2.45) is 0 Å². The lowest BCUT2D eigenvalue weighted by Crippen LogP contribution is -1.82. The molecule has 0 saturated heterocycles. The van der Waals surface area contributed by atoms with E-state index in [0.29, 0.717) is 0 Å². The molecular weight excluding hydrogens is 220 g/mol. The predicted molar refractivity (Wildman–Crippen MR) is 70.1 cm³/mol. The van der Waals surface area contributed by atoms with Gasteiger partial charge in [-0.25, -0.2) is 9.59 Å². The molecule has 0 saturated carbocycles. The van der Waals surface area contributed by atoms with Gasteiger partial charge in [-0.2, -0.15) is 0 Å². The zero-order valence-corrected chi connectivity index (χ0v) is 10.8. The van der Waals surface area contributed by atoms with Crippen molar-refractivity contribution in [2.75, 3.05) is 0 Å². The largest absolute Gasteiger partial charge is 0.478 e. The first kappa shape index (κ1) is 20.8. The van der Waals surface area contributed by atoms with Crippen molar-refractivity contribution in [1.82, 2.24) is 0 Å². The SMILES string of the molecule is C=CC(=O)O.C=CC(=O)O.CCCCCCC. The highest BCUT2D eigenvalue weighted by molar-refractivity contribution is 5.79. The van der Waals surface area contributed by atoms with E-state index in [0.717, 1.165) is 12.2 Å². The monoisotopic (exact) mass is 244 g/mol. The predicted octanol–water partition coefficient (Wildman–Crippen LogP) is 3.49. The van der Waals surface area contributed by atoms with E-state index in [1.165, 1.54) is 32.1 Å². The smallest absolute Gasteiger partial charge is 0.327 e. The van der Waals surface area contributed by atoms with E-state index in [4.69, 9.17) is 10.2 Å². The van der Waals surface area contributed by atoms with Gasteiger partial charge < -0.3 is 10.2 Å². The first-order chi connectivity index (χ1) is 7.95. The molecule has 0 aromatic carbocycles. The lowest BCUT2D eigenvalue weighted by molar-refractivity contribution is -0.132. The molecule has 0 aromatic heterocycles. The minimum Gasteiger partial charge on any atom is -0.478 e. The fourth-order valence-electron chi connectivity index (χ4n) is 0.677. The molecule has 0 heterocycles. The molecule has 0 aliphatic heterocycles. The third-order valence-electron chi connectivity index (χ3n) is 1.56. The topological polar surface area (TPSA) is 74.6 Å². The Labute approximate surface area is 104 Å². The molecule has 0 aromatic rings. The Bertz CT molecular complexity index is 187. The van der Waals surface area contributed by atoms with E-state index in [1.54, 1.807) is 0 Å². The van der Waals surface area contributed by atoms with Crippen LogP contribution in [0.15, 0.2) is 25.3 Å². The Morgan fingerprint density at radius 1 is 0.882 bits per heavy atom. The molecule has 0 aliphatic rings. The summed E-state index contributed by atoms with van der Waals surface area (Å²) in [5.74, 6) is -1.96. The molecule has 17 heavy (non-hydrogen) atoms. The van der Waals surface area contributed by atoms with E-state index >= 15 is 0 Å². The first-order valence-corrected chi connectivity index (χ1v) is 5.66. The van der Waals surface area contributed by atoms with Crippen LogP contribution in [-0.2, 0) is 9.59 Å². The Hall–Kier alpha value is -1.58. The second-order valence-corrected chi connectivity index (χ2v) is 3.15. The molecule has 0 spiro atoms. The van der Waals surface area contributed by atoms with Gasteiger partial charge in [-0.05, 0) is 0 Å². The first-order valence-electron chi connectivity index (χ1n) is 5.66. The van der Waals surface area contributed by atoms with Crippen LogP contribution in [0.5, 0.6) is 0 Å². The maximum Gasteiger partial charge on any atom is 0.327 e. The highest BCUT2D eigenvalue weighted by Crippen LogP contribution is 2.00. The zero-order valence-electron chi connectivity index (χ0n) is 10.8. The second-order valence-electron chi connectivity index (χ2n) is 3.15. The van der Waals surface area contributed by atoms with Crippen molar-refractivity contribution in [3.05, 3.63) is 25.3 Å². The van der Waals surface area contributed by atoms with Crippen molar-refractivity contribution in [1.29, 1.82) is 0 Å². The Morgan fingerprint density at radius 3 is 1.24 bits per heavy atom. The Morgan fingerprint density at radius 2 is 1.12 bits per heavy atom. The third kappa shape index (κ3) is 54.0. The second kappa shape index (κ2) is 19.9. The fraction of sp³-hybridized carbons (Fsp3) is 0.538. The number of aliphatic carboxylic acids is 2. The van der Waals surface area contributed by atoms with E-state index < -0.39 is 11.9 Å². The van der Waals surface area contributed by atoms with Crippen LogP contribution in [0.4, 0.5) is 0 Å². The number of hydrogen-bond acceptors (Lipinski definition) is 2. The molecule has 0 rings (SSSR count). The van der Waals surface area contributed by atoms with Gasteiger partial charge in [0.1, 0.15) is 0 Å². The third-order valence-corrected chi connectivity index (χ3v) is 1.56. The van der Waals surface area contributed by atoms with Crippen LogP contribution in [0.2, 0.25) is 0 Å². The van der Waals surface area contributed by atoms with Crippen LogP contribution in [0.25, 0.3) is 0 Å². The van der Waals surface area contributed by atoms with Gasteiger partial charge >= 0.3 is 11.9 Å². The van der Waals surface area contributed by atoms with Crippen LogP contribution in [-0.4, -0.2) is 22.2 Å². The highest BCUT2D eigenvalue weighted by Gasteiger charge is 1.80. The van der Waals surface area contributed by atoms with Crippen molar-refractivity contribution in [2.45, 2.75) is 46.0 Å². The van der Waals surface area contributed by atoms with Gasteiger partial charge in [0.15, 0.2) is 0 Å². The lowest BCUT2D eigenvalue weighted by atomic mass is 10.2. The molecule has 0 bridgehead atoms. The summed E-state index contributed by atoms with van der Waals surface area (Å²) in [7, 11) is 0. The van der Waals surface area contributed by atoms with Gasteiger partial charge in [0.25, 0.3) is 0 Å². The molecule has 2 N–H and O–H groups in total. The van der Waals surface area contributed by atoms with E-state index in [9.17, 15) is 9.59 Å². The normalized spacial score (nSPS) is 7.65. The van der Waals surface area contributed by atoms with Crippen LogP contribution in [0.1, 0.15) is 46.0 Å². The van der Waals surface area contributed by atoms with E-state index in [-0.39, 0.29) is 0 Å². The van der Waals surface area contributed by atoms with Crippen LogP contribution < -0.4 is 0 Å². The fourth-order valence-corrected chi connectivity index (χ4v) is 0.677. The maximum absolute atomic E-state index is 9.25. The molecular formula is C13H24O4. The zero-order chi connectivity index (χ0) is 14.1. The standard InChI is InChI=1S/C7H16.2C3H4O2/c1-3-5-7-6-4-2;2*1-2-3(4)5/h3-7H2,1-2H3;2*2H,1H2,(H,4,5). The van der Waals surface area contributed by atoms with Crippen molar-refractivity contribution < 1.29 is 19.8 Å². The van der Waals surface area contributed by atoms with Gasteiger partial charge in [0.2, 0.25) is 0 Å². The minimum absolute atomic E-state index is 0.833. The summed E-state index contributed by atoms with van der Waals surface area (Å²) in [6.07, 6.45) is 8.68. The van der Waals surface area contributed by atoms with E-state index in [1.807, 2.05) is 0 Å². The lowest BCUT2D eigenvalue weighted by Gasteiger charge is -1.90. The van der Waals surface area contributed by atoms with Crippen LogP contribution >= 0.6 is 0 Å². The molecule has 0 radical (unpaired) electrons. The molecule has 0 unspecified atom stereocenters. The van der Waals surface area contributed by atoms with Crippen molar-refractivity contribution >= 4 is 11.9 Å². The summed E-state index contributed by atoms with van der Waals surface area (Å²) in [5, 5.41) is 15.2. The number of carboxylic acids is 2. The Balaban J connectivity index is -0.000000177. The van der Waals surface area contributed by atoms with Crippen LogP contribution in [0, 0.1) is 0 Å². The molecule has 4 heteroatoms. The van der Waals surface area contributed by atoms with Gasteiger partial charge in [-0.3, -0.25) is 0 Å². The summed E-state index contributed by atoms with van der Waals surface area (Å²) in [6, 6.07) is 0. The molecule has 0 fully saturated rings. The van der Waals surface area contributed by atoms with Gasteiger partial charge in [-0.1, -0.05) is 59.1 Å². The summed E-state index contributed by atoms with van der Waals surface area (Å²) in [5.41, 5.74) is 0. The van der Waals surface area contributed by atoms with Crippen LogP contribution in [0.3, 0.4) is 0 Å². The molecule has 0 atom stereocenters. The summed E-state index contributed by atoms with van der Waals surface area (Å²) in [6.45, 7) is 10.4. The number of carboxylic acid groups (broad SMARTS) is 2. The number of carbonyl (C=O) groups is 2. The minimum atomic E-state index is -0.981. The van der Waals surface area contributed by atoms with Crippen molar-refractivity contribution in [3.63, 3.8) is 0 Å². The molecule has 0 amide bonds. The van der Waals surface area contributed by atoms with Gasteiger partial charge in [0.05, 0.1) is 0 Å². The maximum atomic E-state index is 9.25. The number of hydrogen-bond donors (Lipinski definition) is 2. The summed E-state index contributed by atoms with van der Waals surface area (Å²) in [4.78, 5) is 18.5. The molecule has 4 nitrogen and oxygen atoms in total. The number of rotatable bonds is 6.